The van der Waals surface area contributed by atoms with Crippen molar-refractivity contribution in [2.24, 2.45) is 5.92 Å². The van der Waals surface area contributed by atoms with Crippen molar-refractivity contribution < 1.29 is 4.74 Å². The van der Waals surface area contributed by atoms with Gasteiger partial charge in [-0.3, -0.25) is 0 Å². The molecule has 0 amide bonds. The van der Waals surface area contributed by atoms with Crippen LogP contribution in [0.4, 0.5) is 0 Å². The summed E-state index contributed by atoms with van der Waals surface area (Å²) in [6, 6.07) is 0. The Balaban J connectivity index is 2.34. The van der Waals surface area contributed by atoms with Gasteiger partial charge in [-0.05, 0) is 26.8 Å². The lowest BCUT2D eigenvalue weighted by atomic mass is 10.1. The van der Waals surface area contributed by atoms with Gasteiger partial charge in [-0.15, -0.1) is 0 Å². The summed E-state index contributed by atoms with van der Waals surface area (Å²) in [6.45, 7) is 8.74. The van der Waals surface area contributed by atoms with Crippen molar-refractivity contribution in [1.82, 2.24) is 4.90 Å². The molecule has 0 saturated carbocycles. The number of hydrogen-bond donors (Lipinski definition) is 0. The Hall–Kier alpha value is -0.0800. The van der Waals surface area contributed by atoms with Gasteiger partial charge in [-0.2, -0.15) is 0 Å². The first-order valence-corrected chi connectivity index (χ1v) is 4.43. The largest absolute Gasteiger partial charge is 0.374 e. The molecule has 0 spiro atoms. The molecule has 66 valence electrons. The van der Waals surface area contributed by atoms with Gasteiger partial charge < -0.3 is 9.64 Å². The minimum atomic E-state index is 0.369. The van der Waals surface area contributed by atoms with E-state index in [4.69, 9.17) is 4.74 Å². The first-order valence-electron chi connectivity index (χ1n) is 4.43. The highest BCUT2D eigenvalue weighted by Gasteiger charge is 2.28. The van der Waals surface area contributed by atoms with E-state index in [1.807, 2.05) is 0 Å². The van der Waals surface area contributed by atoms with Crippen LogP contribution < -0.4 is 0 Å². The van der Waals surface area contributed by atoms with Crippen LogP contribution in [0.15, 0.2) is 0 Å². The van der Waals surface area contributed by atoms with Crippen molar-refractivity contribution in [2.45, 2.75) is 33.0 Å². The van der Waals surface area contributed by atoms with E-state index in [1.54, 1.807) is 0 Å². The fourth-order valence-electron chi connectivity index (χ4n) is 1.70. The third-order valence-corrected chi connectivity index (χ3v) is 2.17. The van der Waals surface area contributed by atoms with Crippen LogP contribution in [0.2, 0.25) is 0 Å². The van der Waals surface area contributed by atoms with Gasteiger partial charge in [0.2, 0.25) is 0 Å². The molecule has 0 aromatic carbocycles. The van der Waals surface area contributed by atoms with E-state index in [9.17, 15) is 0 Å². The molecule has 0 bridgehead atoms. The predicted octanol–water partition coefficient (Wildman–Crippen LogP) is 1.36. The summed E-state index contributed by atoms with van der Waals surface area (Å²) < 4.78 is 5.75. The van der Waals surface area contributed by atoms with Gasteiger partial charge in [0.25, 0.3) is 0 Å². The fourth-order valence-corrected chi connectivity index (χ4v) is 1.70. The van der Waals surface area contributed by atoms with Crippen molar-refractivity contribution in [3.8, 4) is 0 Å². The molecule has 2 atom stereocenters. The molecular formula is C9H19NO. The first-order chi connectivity index (χ1) is 5.09. The Morgan fingerprint density at radius 3 is 2.36 bits per heavy atom. The minimum Gasteiger partial charge on any atom is -0.374 e. The average molecular weight is 157 g/mol. The number of nitrogens with zero attached hydrogens (tertiary/aromatic N) is 1. The normalized spacial score (nSPS) is 33.5. The number of likely N-dealkylation sites (N-methyl/N-ethyl adjacent to an activating group) is 1. The lowest BCUT2D eigenvalue weighted by Crippen LogP contribution is -2.24. The summed E-state index contributed by atoms with van der Waals surface area (Å²) in [5.41, 5.74) is 0. The lowest BCUT2D eigenvalue weighted by molar-refractivity contribution is -0.00332. The molecule has 0 aromatic rings. The summed E-state index contributed by atoms with van der Waals surface area (Å²) >= 11 is 0. The Labute approximate surface area is 69.5 Å². The van der Waals surface area contributed by atoms with Gasteiger partial charge in [0, 0.05) is 13.1 Å². The van der Waals surface area contributed by atoms with Gasteiger partial charge in [-0.25, -0.2) is 0 Å². The predicted molar refractivity (Wildman–Crippen MR) is 46.7 cm³/mol. The van der Waals surface area contributed by atoms with E-state index < -0.39 is 0 Å². The molecule has 0 unspecified atom stereocenters. The molecule has 2 nitrogen and oxygen atoms in total. The second kappa shape index (κ2) is 3.55. The molecule has 0 N–H and O–H groups in total. The summed E-state index contributed by atoms with van der Waals surface area (Å²) in [5, 5.41) is 0. The van der Waals surface area contributed by atoms with Gasteiger partial charge in [0.1, 0.15) is 0 Å². The SMILES string of the molecule is CC(C)O[C@@H]1CN(C)C[C@H]1C. The van der Waals surface area contributed by atoms with Crippen LogP contribution in [0, 0.1) is 5.92 Å². The van der Waals surface area contributed by atoms with E-state index in [1.165, 1.54) is 6.54 Å². The molecule has 1 aliphatic rings. The van der Waals surface area contributed by atoms with Crippen molar-refractivity contribution in [3.63, 3.8) is 0 Å². The average Bonchev–Trinajstić information content (AvgIpc) is 2.09. The molecular weight excluding hydrogens is 138 g/mol. The third-order valence-electron chi connectivity index (χ3n) is 2.17. The Kier molecular flexibility index (Phi) is 2.90. The summed E-state index contributed by atoms with van der Waals surface area (Å²) in [5.74, 6) is 0.697. The van der Waals surface area contributed by atoms with E-state index >= 15 is 0 Å². The second-order valence-corrected chi connectivity index (χ2v) is 3.92. The number of ether oxygens (including phenoxy) is 1. The highest BCUT2D eigenvalue weighted by atomic mass is 16.5. The van der Waals surface area contributed by atoms with Crippen molar-refractivity contribution in [3.05, 3.63) is 0 Å². The van der Waals surface area contributed by atoms with E-state index in [-0.39, 0.29) is 0 Å². The molecule has 0 aliphatic carbocycles. The maximum atomic E-state index is 5.75. The minimum absolute atomic E-state index is 0.369. The molecule has 1 aliphatic heterocycles. The lowest BCUT2D eigenvalue weighted by Gasteiger charge is -2.18. The quantitative estimate of drug-likeness (QED) is 0.600. The summed E-state index contributed by atoms with van der Waals surface area (Å²) in [6.07, 6.45) is 0.828. The van der Waals surface area contributed by atoms with E-state index in [0.29, 0.717) is 18.1 Å². The van der Waals surface area contributed by atoms with Gasteiger partial charge in [0.15, 0.2) is 0 Å². The molecule has 1 fully saturated rings. The zero-order chi connectivity index (χ0) is 8.43. The summed E-state index contributed by atoms with van der Waals surface area (Å²) in [7, 11) is 2.15. The summed E-state index contributed by atoms with van der Waals surface area (Å²) in [4.78, 5) is 2.33. The van der Waals surface area contributed by atoms with Crippen molar-refractivity contribution in [2.75, 3.05) is 20.1 Å². The maximum Gasteiger partial charge on any atom is 0.0742 e. The third kappa shape index (κ3) is 2.46. The van der Waals surface area contributed by atoms with Crippen LogP contribution in [-0.4, -0.2) is 37.2 Å². The Morgan fingerprint density at radius 2 is 2.00 bits per heavy atom. The maximum absolute atomic E-state index is 5.75. The smallest absolute Gasteiger partial charge is 0.0742 e. The zero-order valence-electron chi connectivity index (χ0n) is 8.00. The highest BCUT2D eigenvalue weighted by Crippen LogP contribution is 2.18. The first kappa shape index (κ1) is 9.01. The highest BCUT2D eigenvalue weighted by molar-refractivity contribution is 4.80. The number of hydrogen-bond acceptors (Lipinski definition) is 2. The van der Waals surface area contributed by atoms with Crippen LogP contribution in [0.1, 0.15) is 20.8 Å². The topological polar surface area (TPSA) is 12.5 Å². The fraction of sp³-hybridized carbons (Fsp3) is 1.00. The number of likely N-dealkylation sites (tertiary alicyclic amines) is 1. The number of rotatable bonds is 2. The van der Waals surface area contributed by atoms with Crippen LogP contribution in [0.25, 0.3) is 0 Å². The zero-order valence-corrected chi connectivity index (χ0v) is 8.00. The van der Waals surface area contributed by atoms with Gasteiger partial charge in [-0.1, -0.05) is 6.92 Å². The van der Waals surface area contributed by atoms with Crippen molar-refractivity contribution >= 4 is 0 Å². The molecule has 1 saturated heterocycles. The van der Waals surface area contributed by atoms with Crippen LogP contribution >= 0.6 is 0 Å². The second-order valence-electron chi connectivity index (χ2n) is 3.92. The molecule has 2 heteroatoms. The van der Waals surface area contributed by atoms with Gasteiger partial charge >= 0.3 is 0 Å². The Morgan fingerprint density at radius 1 is 1.36 bits per heavy atom. The molecule has 1 heterocycles. The molecule has 1 rings (SSSR count). The van der Waals surface area contributed by atoms with Crippen LogP contribution in [0.3, 0.4) is 0 Å². The molecule has 0 radical (unpaired) electrons. The monoisotopic (exact) mass is 157 g/mol. The standard InChI is InChI=1S/C9H19NO/c1-7(2)11-9-6-10(4)5-8(9)3/h7-9H,5-6H2,1-4H3/t8-,9-/m1/s1. The molecule has 0 aromatic heterocycles. The molecule has 11 heavy (non-hydrogen) atoms. The van der Waals surface area contributed by atoms with E-state index in [2.05, 4.69) is 32.7 Å². The van der Waals surface area contributed by atoms with Crippen molar-refractivity contribution in [1.29, 1.82) is 0 Å². The Bertz CT molecular complexity index is 125. The van der Waals surface area contributed by atoms with Crippen LogP contribution in [-0.2, 0) is 4.74 Å². The van der Waals surface area contributed by atoms with Crippen LogP contribution in [0.5, 0.6) is 0 Å². The van der Waals surface area contributed by atoms with E-state index in [0.717, 1.165) is 6.54 Å². The van der Waals surface area contributed by atoms with Gasteiger partial charge in [0.05, 0.1) is 12.2 Å².